The molecule has 0 unspecified atom stereocenters. The molecule has 6 heteroatoms. The summed E-state index contributed by atoms with van der Waals surface area (Å²) in [5.74, 6) is -2.60. The predicted molar refractivity (Wildman–Crippen MR) is 83.9 cm³/mol. The van der Waals surface area contributed by atoms with Crippen LogP contribution in [-0.4, -0.2) is 19.0 Å². The van der Waals surface area contributed by atoms with Gasteiger partial charge in [-0.1, -0.05) is 0 Å². The van der Waals surface area contributed by atoms with E-state index in [9.17, 15) is 18.0 Å². The number of benzene rings is 2. The fourth-order valence-corrected chi connectivity index (χ4v) is 2.16. The lowest BCUT2D eigenvalue weighted by molar-refractivity contribution is -0.116. The first-order valence-electron chi connectivity index (χ1n) is 7.25. The topological polar surface area (TPSA) is 32.3 Å². The van der Waals surface area contributed by atoms with Gasteiger partial charge in [-0.15, -0.1) is 0 Å². The molecular weight excluding hydrogens is 305 g/mol. The van der Waals surface area contributed by atoms with Gasteiger partial charge >= 0.3 is 0 Å². The summed E-state index contributed by atoms with van der Waals surface area (Å²) in [6.07, 6.45) is 0.171. The van der Waals surface area contributed by atoms with E-state index >= 15 is 0 Å². The molecule has 0 heterocycles. The number of hydrogen-bond acceptors (Lipinski definition) is 2. The maximum atomic E-state index is 13.1. The van der Waals surface area contributed by atoms with Crippen LogP contribution in [0.4, 0.5) is 24.5 Å². The molecule has 1 amide bonds. The molecule has 0 aliphatic heterocycles. The monoisotopic (exact) mass is 322 g/mol. The molecule has 0 aromatic heterocycles. The summed E-state index contributed by atoms with van der Waals surface area (Å²) in [4.78, 5) is 13.8. The number of halogens is 3. The second-order valence-electron chi connectivity index (χ2n) is 4.98. The van der Waals surface area contributed by atoms with Crippen molar-refractivity contribution in [2.75, 3.05) is 23.3 Å². The van der Waals surface area contributed by atoms with E-state index in [4.69, 9.17) is 0 Å². The highest BCUT2D eigenvalue weighted by molar-refractivity contribution is 5.91. The Kier molecular flexibility index (Phi) is 5.62. The highest BCUT2D eigenvalue weighted by Crippen LogP contribution is 2.16. The Morgan fingerprint density at radius 2 is 1.74 bits per heavy atom. The normalized spacial score (nSPS) is 10.4. The first-order chi connectivity index (χ1) is 11.0. The molecule has 0 saturated heterocycles. The van der Waals surface area contributed by atoms with Crippen molar-refractivity contribution < 1.29 is 18.0 Å². The van der Waals surface area contributed by atoms with E-state index in [1.54, 1.807) is 12.1 Å². The van der Waals surface area contributed by atoms with Crippen LogP contribution in [0.1, 0.15) is 13.3 Å². The summed E-state index contributed by atoms with van der Waals surface area (Å²) in [6, 6.07) is 9.21. The Morgan fingerprint density at radius 1 is 1.04 bits per heavy atom. The second-order valence-corrected chi connectivity index (χ2v) is 4.98. The summed E-state index contributed by atoms with van der Waals surface area (Å²) in [6.45, 7) is 3.01. The molecule has 23 heavy (non-hydrogen) atoms. The van der Waals surface area contributed by atoms with E-state index < -0.39 is 11.6 Å². The summed E-state index contributed by atoms with van der Waals surface area (Å²) in [5.41, 5.74) is 1.02. The van der Waals surface area contributed by atoms with Gasteiger partial charge in [-0.3, -0.25) is 4.79 Å². The fourth-order valence-electron chi connectivity index (χ4n) is 2.16. The van der Waals surface area contributed by atoms with Crippen molar-refractivity contribution in [1.82, 2.24) is 0 Å². The predicted octanol–water partition coefficient (Wildman–Crippen LogP) is 3.96. The minimum atomic E-state index is -1.01. The molecule has 0 fully saturated rings. The van der Waals surface area contributed by atoms with Crippen LogP contribution < -0.4 is 10.2 Å². The van der Waals surface area contributed by atoms with Gasteiger partial charge < -0.3 is 10.2 Å². The van der Waals surface area contributed by atoms with Gasteiger partial charge in [0, 0.05) is 37.0 Å². The lowest BCUT2D eigenvalue weighted by Crippen LogP contribution is -2.27. The van der Waals surface area contributed by atoms with Gasteiger partial charge in [0.1, 0.15) is 5.82 Å². The molecule has 2 aromatic rings. The first kappa shape index (κ1) is 16.9. The van der Waals surface area contributed by atoms with E-state index in [0.29, 0.717) is 13.1 Å². The van der Waals surface area contributed by atoms with Gasteiger partial charge in [0.2, 0.25) is 5.91 Å². The molecule has 3 nitrogen and oxygen atoms in total. The van der Waals surface area contributed by atoms with Gasteiger partial charge in [0.15, 0.2) is 11.6 Å². The Balaban J connectivity index is 1.91. The summed E-state index contributed by atoms with van der Waals surface area (Å²) in [7, 11) is 0. The largest absolute Gasteiger partial charge is 0.371 e. The minimum absolute atomic E-state index is 0.171. The van der Waals surface area contributed by atoms with Crippen molar-refractivity contribution in [2.45, 2.75) is 13.3 Å². The van der Waals surface area contributed by atoms with Gasteiger partial charge in [-0.25, -0.2) is 13.2 Å². The van der Waals surface area contributed by atoms with Crippen molar-refractivity contribution >= 4 is 17.3 Å². The van der Waals surface area contributed by atoms with Crippen molar-refractivity contribution in [1.29, 1.82) is 0 Å². The zero-order chi connectivity index (χ0) is 16.8. The number of hydrogen-bond donors (Lipinski definition) is 1. The van der Waals surface area contributed by atoms with E-state index in [2.05, 4.69) is 5.32 Å². The van der Waals surface area contributed by atoms with E-state index in [-0.39, 0.29) is 23.8 Å². The molecule has 0 atom stereocenters. The summed E-state index contributed by atoms with van der Waals surface area (Å²) < 4.78 is 38.8. The van der Waals surface area contributed by atoms with E-state index in [0.717, 1.165) is 17.8 Å². The maximum absolute atomic E-state index is 13.1. The molecule has 1 N–H and O–H groups in total. The minimum Gasteiger partial charge on any atom is -0.371 e. The van der Waals surface area contributed by atoms with Crippen molar-refractivity contribution in [3.63, 3.8) is 0 Å². The van der Waals surface area contributed by atoms with Crippen molar-refractivity contribution in [3.8, 4) is 0 Å². The Morgan fingerprint density at radius 3 is 2.35 bits per heavy atom. The number of nitrogens with zero attached hydrogens (tertiary/aromatic N) is 1. The molecule has 0 radical (unpaired) electrons. The number of carbonyl (C=O) groups is 1. The van der Waals surface area contributed by atoms with Gasteiger partial charge in [-0.2, -0.15) is 0 Å². The molecule has 0 spiro atoms. The average molecular weight is 322 g/mol. The van der Waals surface area contributed by atoms with Crippen LogP contribution >= 0.6 is 0 Å². The van der Waals surface area contributed by atoms with Gasteiger partial charge in [0.05, 0.1) is 0 Å². The molecule has 0 bridgehead atoms. The van der Waals surface area contributed by atoms with E-state index in [1.807, 2.05) is 11.8 Å². The number of carbonyl (C=O) groups excluding carboxylic acids is 1. The third kappa shape index (κ3) is 4.74. The van der Waals surface area contributed by atoms with Crippen LogP contribution in [-0.2, 0) is 4.79 Å². The van der Waals surface area contributed by atoms with Gasteiger partial charge in [-0.05, 0) is 43.3 Å². The molecule has 0 saturated carbocycles. The molecule has 0 aliphatic rings. The summed E-state index contributed by atoms with van der Waals surface area (Å²) >= 11 is 0. The third-order valence-corrected chi connectivity index (χ3v) is 3.39. The van der Waals surface area contributed by atoms with Gasteiger partial charge in [0.25, 0.3) is 0 Å². The lowest BCUT2D eigenvalue weighted by Gasteiger charge is -2.22. The van der Waals surface area contributed by atoms with Crippen LogP contribution in [0.2, 0.25) is 0 Å². The van der Waals surface area contributed by atoms with Crippen LogP contribution in [0, 0.1) is 17.5 Å². The highest BCUT2D eigenvalue weighted by Gasteiger charge is 2.09. The highest BCUT2D eigenvalue weighted by atomic mass is 19.2. The Labute approximate surface area is 132 Å². The number of nitrogens with one attached hydrogen (secondary N) is 1. The molecular formula is C17H17F3N2O. The van der Waals surface area contributed by atoms with Crippen LogP contribution in [0.15, 0.2) is 42.5 Å². The van der Waals surface area contributed by atoms with Crippen LogP contribution in [0.25, 0.3) is 0 Å². The quantitative estimate of drug-likeness (QED) is 0.873. The Hall–Kier alpha value is -2.50. The zero-order valence-corrected chi connectivity index (χ0v) is 12.7. The number of anilines is 2. The molecule has 0 aliphatic carbocycles. The van der Waals surface area contributed by atoms with E-state index in [1.165, 1.54) is 18.2 Å². The molecule has 122 valence electrons. The zero-order valence-electron chi connectivity index (χ0n) is 12.7. The SMILES string of the molecule is CCN(CCC(=O)Nc1ccc(F)c(F)c1)c1ccc(F)cc1. The Bertz CT molecular complexity index is 674. The average Bonchev–Trinajstić information content (AvgIpc) is 2.53. The smallest absolute Gasteiger partial charge is 0.226 e. The fraction of sp³-hybridized carbons (Fsp3) is 0.235. The van der Waals surface area contributed by atoms with Crippen LogP contribution in [0.3, 0.4) is 0 Å². The van der Waals surface area contributed by atoms with Crippen molar-refractivity contribution in [2.24, 2.45) is 0 Å². The first-order valence-corrected chi connectivity index (χ1v) is 7.25. The maximum Gasteiger partial charge on any atom is 0.226 e. The second kappa shape index (κ2) is 7.67. The third-order valence-electron chi connectivity index (χ3n) is 3.39. The number of amides is 1. The van der Waals surface area contributed by atoms with Crippen LogP contribution in [0.5, 0.6) is 0 Å². The summed E-state index contributed by atoms with van der Waals surface area (Å²) in [5, 5.41) is 2.52. The molecule has 2 rings (SSSR count). The van der Waals surface area contributed by atoms with Crippen molar-refractivity contribution in [3.05, 3.63) is 59.9 Å². The molecule has 2 aromatic carbocycles. The number of rotatable bonds is 6. The lowest BCUT2D eigenvalue weighted by atomic mass is 10.2. The standard InChI is InChI=1S/C17H17F3N2O/c1-2-22(14-6-3-12(18)4-7-14)10-9-17(23)21-13-5-8-15(19)16(20)11-13/h3-8,11H,2,9-10H2,1H3,(H,21,23).